The van der Waals surface area contributed by atoms with Crippen LogP contribution < -0.4 is 10.1 Å². The van der Waals surface area contributed by atoms with Gasteiger partial charge in [0, 0.05) is 35.5 Å². The molecule has 0 spiro atoms. The molecule has 34 heavy (non-hydrogen) atoms. The van der Waals surface area contributed by atoms with Crippen LogP contribution in [0.4, 0.5) is 0 Å². The van der Waals surface area contributed by atoms with Crippen LogP contribution in [0.15, 0.2) is 84.3 Å². The van der Waals surface area contributed by atoms with Gasteiger partial charge in [-0.15, -0.1) is 0 Å². The molecule has 7 heteroatoms. The third-order valence-corrected chi connectivity index (χ3v) is 7.95. The Labute approximate surface area is 199 Å². The average molecular weight is 475 g/mol. The fourth-order valence-electron chi connectivity index (χ4n) is 4.51. The van der Waals surface area contributed by atoms with Crippen LogP contribution in [-0.4, -0.2) is 31.7 Å². The van der Waals surface area contributed by atoms with E-state index >= 15 is 0 Å². The van der Waals surface area contributed by atoms with E-state index in [2.05, 4.69) is 5.32 Å². The number of ether oxygens (including phenoxy) is 1. The van der Waals surface area contributed by atoms with E-state index in [9.17, 15) is 13.2 Å². The summed E-state index contributed by atoms with van der Waals surface area (Å²) in [7, 11) is -3.53. The Bertz CT molecular complexity index is 1270. The number of amides is 1. The molecule has 1 saturated heterocycles. The first-order chi connectivity index (χ1) is 16.5. The minimum Gasteiger partial charge on any atom is -0.457 e. The number of rotatable bonds is 5. The Kier molecular flexibility index (Phi) is 6.22. The second-order valence-corrected chi connectivity index (χ2v) is 10.4. The van der Waals surface area contributed by atoms with Gasteiger partial charge in [0.15, 0.2) is 0 Å². The lowest BCUT2D eigenvalue weighted by Crippen LogP contribution is -2.43. The fourth-order valence-corrected chi connectivity index (χ4v) is 5.73. The Morgan fingerprint density at radius 3 is 2.03 bits per heavy atom. The van der Waals surface area contributed by atoms with Gasteiger partial charge in [-0.05, 0) is 36.6 Å². The molecule has 0 saturated carbocycles. The second-order valence-electron chi connectivity index (χ2n) is 8.55. The SMILES string of the molecule is O=C(NC1c2ccccc2Oc2ccccc21)C1CCN(S(=O)(=O)/C=C/c2ccccc2)CC1. The van der Waals surface area contributed by atoms with Crippen LogP contribution in [0.1, 0.15) is 35.6 Å². The van der Waals surface area contributed by atoms with Gasteiger partial charge in [-0.25, -0.2) is 8.42 Å². The average Bonchev–Trinajstić information content (AvgIpc) is 2.88. The molecule has 1 N–H and O–H groups in total. The maximum Gasteiger partial charge on any atom is 0.236 e. The first-order valence-corrected chi connectivity index (χ1v) is 12.9. The van der Waals surface area contributed by atoms with Crippen molar-refractivity contribution in [2.45, 2.75) is 18.9 Å². The van der Waals surface area contributed by atoms with Crippen molar-refractivity contribution in [3.8, 4) is 11.5 Å². The van der Waals surface area contributed by atoms with Gasteiger partial charge in [-0.3, -0.25) is 4.79 Å². The number of nitrogens with one attached hydrogen (secondary N) is 1. The van der Waals surface area contributed by atoms with Gasteiger partial charge in [-0.2, -0.15) is 4.31 Å². The summed E-state index contributed by atoms with van der Waals surface area (Å²) < 4.78 is 33.0. The van der Waals surface area contributed by atoms with Crippen LogP contribution in [0.25, 0.3) is 6.08 Å². The largest absolute Gasteiger partial charge is 0.457 e. The van der Waals surface area contributed by atoms with E-state index < -0.39 is 10.0 Å². The van der Waals surface area contributed by atoms with Gasteiger partial charge >= 0.3 is 0 Å². The molecule has 3 aromatic rings. The Morgan fingerprint density at radius 1 is 0.853 bits per heavy atom. The fraction of sp³-hybridized carbons (Fsp3) is 0.222. The lowest BCUT2D eigenvalue weighted by molar-refractivity contribution is -0.126. The molecule has 174 valence electrons. The number of carbonyl (C=O) groups is 1. The van der Waals surface area contributed by atoms with E-state index in [0.717, 1.165) is 28.2 Å². The van der Waals surface area contributed by atoms with Crippen molar-refractivity contribution in [3.63, 3.8) is 0 Å². The maximum absolute atomic E-state index is 13.2. The third kappa shape index (κ3) is 4.62. The highest BCUT2D eigenvalue weighted by molar-refractivity contribution is 7.92. The van der Waals surface area contributed by atoms with Gasteiger partial charge in [0.1, 0.15) is 11.5 Å². The van der Waals surface area contributed by atoms with Crippen molar-refractivity contribution in [1.82, 2.24) is 9.62 Å². The van der Waals surface area contributed by atoms with Crippen LogP contribution in [0.3, 0.4) is 0 Å². The molecule has 0 radical (unpaired) electrons. The summed E-state index contributed by atoms with van der Waals surface area (Å²) in [6, 6.07) is 24.4. The molecular formula is C27H26N2O4S. The molecule has 2 aliphatic rings. The van der Waals surface area contributed by atoms with E-state index in [1.54, 1.807) is 6.08 Å². The van der Waals surface area contributed by atoms with Gasteiger partial charge < -0.3 is 10.1 Å². The van der Waals surface area contributed by atoms with Gasteiger partial charge in [0.2, 0.25) is 15.9 Å². The molecule has 1 amide bonds. The van der Waals surface area contributed by atoms with Crippen molar-refractivity contribution in [2.24, 2.45) is 5.92 Å². The molecule has 2 heterocycles. The van der Waals surface area contributed by atoms with E-state index in [0.29, 0.717) is 25.9 Å². The number of fused-ring (bicyclic) bond motifs is 2. The molecule has 1 fully saturated rings. The van der Waals surface area contributed by atoms with Crippen LogP contribution >= 0.6 is 0 Å². The molecule has 0 unspecified atom stereocenters. The molecular weight excluding hydrogens is 448 g/mol. The Hall–Kier alpha value is -3.42. The van der Waals surface area contributed by atoms with Crippen molar-refractivity contribution in [3.05, 3.63) is 101 Å². The highest BCUT2D eigenvalue weighted by Crippen LogP contribution is 2.42. The van der Waals surface area contributed by atoms with E-state index in [-0.39, 0.29) is 17.9 Å². The summed E-state index contributed by atoms with van der Waals surface area (Å²) in [5.41, 5.74) is 2.67. The number of carbonyl (C=O) groups excluding carboxylic acids is 1. The summed E-state index contributed by atoms with van der Waals surface area (Å²) >= 11 is 0. The first-order valence-electron chi connectivity index (χ1n) is 11.4. The monoisotopic (exact) mass is 474 g/mol. The number of benzene rings is 3. The number of sulfonamides is 1. The van der Waals surface area contributed by atoms with Crippen molar-refractivity contribution in [2.75, 3.05) is 13.1 Å². The Morgan fingerprint density at radius 2 is 1.41 bits per heavy atom. The Balaban J connectivity index is 1.25. The predicted molar refractivity (Wildman–Crippen MR) is 132 cm³/mol. The zero-order valence-corrected chi connectivity index (χ0v) is 19.4. The molecule has 6 nitrogen and oxygen atoms in total. The first kappa shape index (κ1) is 22.4. The van der Waals surface area contributed by atoms with E-state index in [4.69, 9.17) is 4.74 Å². The summed E-state index contributed by atoms with van der Waals surface area (Å²) in [6.07, 6.45) is 2.57. The van der Waals surface area contributed by atoms with Crippen molar-refractivity contribution < 1.29 is 17.9 Å². The van der Waals surface area contributed by atoms with Crippen LogP contribution in [0.5, 0.6) is 11.5 Å². The molecule has 0 atom stereocenters. The number of para-hydroxylation sites is 2. The minimum atomic E-state index is -3.53. The quantitative estimate of drug-likeness (QED) is 0.581. The molecule has 0 bridgehead atoms. The number of hydrogen-bond acceptors (Lipinski definition) is 4. The predicted octanol–water partition coefficient (Wildman–Crippen LogP) is 4.71. The summed E-state index contributed by atoms with van der Waals surface area (Å²) in [5.74, 6) is 1.16. The van der Waals surface area contributed by atoms with Crippen molar-refractivity contribution >= 4 is 22.0 Å². The number of hydrogen-bond donors (Lipinski definition) is 1. The highest BCUT2D eigenvalue weighted by atomic mass is 32.2. The highest BCUT2D eigenvalue weighted by Gasteiger charge is 2.33. The topological polar surface area (TPSA) is 75.7 Å². The third-order valence-electron chi connectivity index (χ3n) is 6.38. The zero-order chi connectivity index (χ0) is 23.5. The van der Waals surface area contributed by atoms with Gasteiger partial charge in [0.25, 0.3) is 0 Å². The molecule has 5 rings (SSSR count). The van der Waals surface area contributed by atoms with Crippen LogP contribution in [0.2, 0.25) is 0 Å². The normalized spacial score (nSPS) is 17.1. The number of piperidine rings is 1. The smallest absolute Gasteiger partial charge is 0.236 e. The molecule has 3 aromatic carbocycles. The summed E-state index contributed by atoms with van der Waals surface area (Å²) in [5, 5.41) is 4.45. The number of nitrogens with zero attached hydrogens (tertiary/aromatic N) is 1. The lowest BCUT2D eigenvalue weighted by atomic mass is 9.92. The summed E-state index contributed by atoms with van der Waals surface area (Å²) in [4.78, 5) is 13.2. The second kappa shape index (κ2) is 9.44. The van der Waals surface area contributed by atoms with Gasteiger partial charge in [0.05, 0.1) is 6.04 Å². The molecule has 0 aromatic heterocycles. The van der Waals surface area contributed by atoms with Crippen molar-refractivity contribution in [1.29, 1.82) is 0 Å². The van der Waals surface area contributed by atoms with Crippen LogP contribution in [0, 0.1) is 5.92 Å². The standard InChI is InChI=1S/C27H26N2O4S/c30-27(28-26-22-10-4-6-12-24(22)33-25-13-7-5-11-23(25)26)21-14-17-29(18-15-21)34(31,32)19-16-20-8-2-1-3-9-20/h1-13,16,19,21,26H,14-15,17-18H2,(H,28,30)/b19-16+. The minimum absolute atomic E-state index is 0.0617. The van der Waals surface area contributed by atoms with E-state index in [1.165, 1.54) is 9.71 Å². The molecule has 2 aliphatic heterocycles. The van der Waals surface area contributed by atoms with E-state index in [1.807, 2.05) is 78.9 Å². The maximum atomic E-state index is 13.2. The van der Waals surface area contributed by atoms with Crippen LogP contribution in [-0.2, 0) is 14.8 Å². The molecule has 0 aliphatic carbocycles. The lowest BCUT2D eigenvalue weighted by Gasteiger charge is -2.33. The van der Waals surface area contributed by atoms with Gasteiger partial charge in [-0.1, -0.05) is 66.7 Å². The zero-order valence-electron chi connectivity index (χ0n) is 18.6. The summed E-state index contributed by atoms with van der Waals surface area (Å²) in [6.45, 7) is 0.640.